The van der Waals surface area contributed by atoms with Gasteiger partial charge in [-0.1, -0.05) is 12.1 Å². The Hall–Kier alpha value is -2.04. The maximum absolute atomic E-state index is 12.2. The smallest absolute Gasteiger partial charge is 0.344 e. The Labute approximate surface area is 167 Å². The quantitative estimate of drug-likeness (QED) is 0.729. The summed E-state index contributed by atoms with van der Waals surface area (Å²) in [5.41, 5.74) is 2.40. The van der Waals surface area contributed by atoms with Gasteiger partial charge in [-0.25, -0.2) is 4.79 Å². The van der Waals surface area contributed by atoms with Gasteiger partial charge in [0.25, 0.3) is 5.91 Å². The zero-order valence-corrected chi connectivity index (χ0v) is 17.0. The SMILES string of the molecule is Cc1cccc(OCC(=O)OCC(=O)NCC23CC4CC(CC(C4)C2)C3)c1C. The van der Waals surface area contributed by atoms with Gasteiger partial charge in [0, 0.05) is 6.54 Å². The van der Waals surface area contributed by atoms with Gasteiger partial charge in [-0.2, -0.15) is 0 Å². The summed E-state index contributed by atoms with van der Waals surface area (Å²) in [7, 11) is 0. The molecule has 4 aliphatic rings. The molecule has 4 saturated carbocycles. The van der Waals surface area contributed by atoms with Gasteiger partial charge in [0.2, 0.25) is 0 Å². The standard InChI is InChI=1S/C23H31NO4/c1-15-4-3-5-20(16(15)2)27-13-22(26)28-12-21(25)24-14-23-9-17-6-18(10-23)8-19(7-17)11-23/h3-5,17-19H,6-14H2,1-2H3,(H,24,25). The normalized spacial score (nSPS) is 30.1. The summed E-state index contributed by atoms with van der Waals surface area (Å²) in [6.07, 6.45) is 7.94. The fourth-order valence-electron chi connectivity index (χ4n) is 6.05. The van der Waals surface area contributed by atoms with Crippen LogP contribution in [0.2, 0.25) is 0 Å². The lowest BCUT2D eigenvalue weighted by atomic mass is 9.49. The van der Waals surface area contributed by atoms with Crippen molar-refractivity contribution >= 4 is 11.9 Å². The maximum atomic E-state index is 12.2. The molecule has 0 aromatic heterocycles. The van der Waals surface area contributed by atoms with Crippen molar-refractivity contribution in [3.8, 4) is 5.75 Å². The molecule has 0 heterocycles. The fraction of sp³-hybridized carbons (Fsp3) is 0.652. The van der Waals surface area contributed by atoms with Crippen LogP contribution in [0.25, 0.3) is 0 Å². The number of hydrogen-bond donors (Lipinski definition) is 1. The number of carbonyl (C=O) groups excluding carboxylic acids is 2. The zero-order chi connectivity index (χ0) is 19.7. The van der Waals surface area contributed by atoms with E-state index in [1.54, 1.807) is 0 Å². The molecule has 0 atom stereocenters. The third kappa shape index (κ3) is 4.18. The van der Waals surface area contributed by atoms with Gasteiger partial charge in [-0.05, 0) is 92.7 Å². The van der Waals surface area contributed by atoms with Gasteiger partial charge < -0.3 is 14.8 Å². The van der Waals surface area contributed by atoms with Crippen LogP contribution in [-0.2, 0) is 14.3 Å². The van der Waals surface area contributed by atoms with Crippen molar-refractivity contribution in [3.63, 3.8) is 0 Å². The average Bonchev–Trinajstić information content (AvgIpc) is 2.65. The van der Waals surface area contributed by atoms with E-state index in [0.717, 1.165) is 35.4 Å². The van der Waals surface area contributed by atoms with Crippen molar-refractivity contribution in [1.29, 1.82) is 0 Å². The van der Waals surface area contributed by atoms with E-state index in [9.17, 15) is 9.59 Å². The largest absolute Gasteiger partial charge is 0.482 e. The van der Waals surface area contributed by atoms with Crippen molar-refractivity contribution in [2.45, 2.75) is 52.4 Å². The molecule has 1 amide bonds. The number of ether oxygens (including phenoxy) is 2. The molecule has 1 aromatic carbocycles. The van der Waals surface area contributed by atoms with E-state index in [-0.39, 0.29) is 19.1 Å². The van der Waals surface area contributed by atoms with Crippen molar-refractivity contribution in [1.82, 2.24) is 5.32 Å². The lowest BCUT2D eigenvalue weighted by Crippen LogP contribution is -2.51. The van der Waals surface area contributed by atoms with Crippen LogP contribution in [0.15, 0.2) is 18.2 Å². The number of benzene rings is 1. The van der Waals surface area contributed by atoms with Gasteiger partial charge in [0.15, 0.2) is 13.2 Å². The van der Waals surface area contributed by atoms with E-state index in [1.165, 1.54) is 38.5 Å². The molecular weight excluding hydrogens is 354 g/mol. The van der Waals surface area contributed by atoms with Crippen LogP contribution in [-0.4, -0.2) is 31.6 Å². The number of carbonyl (C=O) groups is 2. The highest BCUT2D eigenvalue weighted by Crippen LogP contribution is 2.59. The van der Waals surface area contributed by atoms with E-state index in [4.69, 9.17) is 9.47 Å². The lowest BCUT2D eigenvalue weighted by Gasteiger charge is -2.56. The van der Waals surface area contributed by atoms with Gasteiger partial charge in [-0.15, -0.1) is 0 Å². The Morgan fingerprint density at radius 1 is 1.04 bits per heavy atom. The predicted molar refractivity (Wildman–Crippen MR) is 106 cm³/mol. The molecule has 5 nitrogen and oxygen atoms in total. The minimum absolute atomic E-state index is 0.188. The van der Waals surface area contributed by atoms with Crippen LogP contribution in [0.5, 0.6) is 5.75 Å². The minimum Gasteiger partial charge on any atom is -0.482 e. The highest BCUT2D eigenvalue weighted by Gasteiger charge is 2.50. The summed E-state index contributed by atoms with van der Waals surface area (Å²) < 4.78 is 10.6. The van der Waals surface area contributed by atoms with Crippen LogP contribution < -0.4 is 10.1 Å². The number of hydrogen-bond acceptors (Lipinski definition) is 4. The summed E-state index contributed by atoms with van der Waals surface area (Å²) in [6.45, 7) is 4.25. The molecule has 0 aliphatic heterocycles. The Kier molecular flexibility index (Phi) is 5.35. The molecule has 152 valence electrons. The van der Waals surface area contributed by atoms with Crippen LogP contribution >= 0.6 is 0 Å². The van der Waals surface area contributed by atoms with Crippen LogP contribution in [0.1, 0.15) is 49.7 Å². The molecule has 4 fully saturated rings. The van der Waals surface area contributed by atoms with Gasteiger partial charge in [-0.3, -0.25) is 4.79 Å². The second-order valence-corrected chi connectivity index (χ2v) is 9.34. The van der Waals surface area contributed by atoms with E-state index < -0.39 is 5.97 Å². The number of nitrogens with one attached hydrogen (secondary N) is 1. The lowest BCUT2D eigenvalue weighted by molar-refractivity contribution is -0.150. The van der Waals surface area contributed by atoms with Gasteiger partial charge in [0.1, 0.15) is 5.75 Å². The number of amides is 1. The molecule has 28 heavy (non-hydrogen) atoms. The first kappa shape index (κ1) is 19.3. The molecule has 0 spiro atoms. The van der Waals surface area contributed by atoms with Crippen LogP contribution in [0.4, 0.5) is 0 Å². The molecule has 4 aliphatic carbocycles. The first-order valence-electron chi connectivity index (χ1n) is 10.5. The molecular formula is C23H31NO4. The highest BCUT2D eigenvalue weighted by molar-refractivity contribution is 5.80. The molecule has 0 saturated heterocycles. The third-order valence-corrected chi connectivity index (χ3v) is 7.09. The van der Waals surface area contributed by atoms with Crippen LogP contribution in [0, 0.1) is 37.0 Å². The minimum atomic E-state index is -0.522. The van der Waals surface area contributed by atoms with E-state index in [1.807, 2.05) is 32.0 Å². The van der Waals surface area contributed by atoms with Gasteiger partial charge in [0.05, 0.1) is 0 Å². The van der Waals surface area contributed by atoms with Crippen molar-refractivity contribution < 1.29 is 19.1 Å². The summed E-state index contributed by atoms with van der Waals surface area (Å²) >= 11 is 0. The summed E-state index contributed by atoms with van der Waals surface area (Å²) in [5.74, 6) is 2.53. The van der Waals surface area contributed by atoms with E-state index in [2.05, 4.69) is 5.32 Å². The van der Waals surface area contributed by atoms with Crippen molar-refractivity contribution in [2.24, 2.45) is 23.2 Å². The van der Waals surface area contributed by atoms with E-state index >= 15 is 0 Å². The Morgan fingerprint density at radius 2 is 1.68 bits per heavy atom. The molecule has 1 aromatic rings. The fourth-order valence-corrected chi connectivity index (χ4v) is 6.05. The summed E-state index contributed by atoms with van der Waals surface area (Å²) in [4.78, 5) is 24.1. The summed E-state index contributed by atoms with van der Waals surface area (Å²) in [6, 6.07) is 5.71. The first-order valence-corrected chi connectivity index (χ1v) is 10.5. The molecule has 0 radical (unpaired) electrons. The maximum Gasteiger partial charge on any atom is 0.344 e. The molecule has 1 N–H and O–H groups in total. The predicted octanol–water partition coefficient (Wildman–Crippen LogP) is 3.56. The molecule has 0 unspecified atom stereocenters. The number of esters is 1. The summed E-state index contributed by atoms with van der Waals surface area (Å²) in [5, 5.41) is 3.03. The topological polar surface area (TPSA) is 64.6 Å². The molecule has 4 bridgehead atoms. The first-order chi connectivity index (χ1) is 13.4. The molecule has 5 heteroatoms. The van der Waals surface area contributed by atoms with Gasteiger partial charge >= 0.3 is 5.97 Å². The van der Waals surface area contributed by atoms with Crippen molar-refractivity contribution in [3.05, 3.63) is 29.3 Å². The second kappa shape index (κ2) is 7.76. The Morgan fingerprint density at radius 3 is 2.32 bits per heavy atom. The zero-order valence-electron chi connectivity index (χ0n) is 17.0. The third-order valence-electron chi connectivity index (χ3n) is 7.09. The second-order valence-electron chi connectivity index (χ2n) is 9.34. The van der Waals surface area contributed by atoms with E-state index in [0.29, 0.717) is 11.2 Å². The number of rotatable bonds is 7. The molecule has 5 rings (SSSR count). The van der Waals surface area contributed by atoms with Crippen molar-refractivity contribution in [2.75, 3.05) is 19.8 Å². The monoisotopic (exact) mass is 385 g/mol. The van der Waals surface area contributed by atoms with Crippen LogP contribution in [0.3, 0.4) is 0 Å². The Balaban J connectivity index is 1.18. The highest BCUT2D eigenvalue weighted by atomic mass is 16.6. The number of aryl methyl sites for hydroxylation is 1. The average molecular weight is 386 g/mol. The Bertz CT molecular complexity index is 722.